The minimum absolute atomic E-state index is 0.508. The van der Waals surface area contributed by atoms with Gasteiger partial charge in [-0.2, -0.15) is 0 Å². The third-order valence-electron chi connectivity index (χ3n) is 2.10. The van der Waals surface area contributed by atoms with E-state index in [2.05, 4.69) is 6.92 Å². The van der Waals surface area contributed by atoms with Gasteiger partial charge in [0.15, 0.2) is 0 Å². The highest BCUT2D eigenvalue weighted by molar-refractivity contribution is 6.32. The van der Waals surface area contributed by atoms with Crippen molar-refractivity contribution in [3.05, 3.63) is 45.1 Å². The second kappa shape index (κ2) is 6.91. The SMILES string of the molecule is CCCCOc1cc(/C=C/[N+](=O)[O-])ccc1Cl. The Kier molecular flexibility index (Phi) is 5.49. The van der Waals surface area contributed by atoms with Crippen LogP contribution in [0.2, 0.25) is 5.02 Å². The van der Waals surface area contributed by atoms with E-state index < -0.39 is 4.92 Å². The summed E-state index contributed by atoms with van der Waals surface area (Å²) in [4.78, 5) is 9.69. The maximum Gasteiger partial charge on any atom is 0.235 e. The smallest absolute Gasteiger partial charge is 0.235 e. The van der Waals surface area contributed by atoms with Crippen LogP contribution in [0.25, 0.3) is 6.08 Å². The topological polar surface area (TPSA) is 52.4 Å². The van der Waals surface area contributed by atoms with Crippen molar-refractivity contribution in [1.29, 1.82) is 0 Å². The van der Waals surface area contributed by atoms with E-state index in [9.17, 15) is 10.1 Å². The molecule has 0 aliphatic rings. The molecule has 1 aromatic rings. The number of halogens is 1. The van der Waals surface area contributed by atoms with Crippen molar-refractivity contribution in [1.82, 2.24) is 0 Å². The van der Waals surface area contributed by atoms with Crippen LogP contribution < -0.4 is 4.74 Å². The molecule has 17 heavy (non-hydrogen) atoms. The second-order valence-electron chi connectivity index (χ2n) is 3.49. The van der Waals surface area contributed by atoms with Gasteiger partial charge in [-0.05, 0) is 24.1 Å². The molecular formula is C12H14ClNO3. The van der Waals surface area contributed by atoms with Crippen LogP contribution in [-0.4, -0.2) is 11.5 Å². The Bertz CT molecular complexity index is 418. The van der Waals surface area contributed by atoms with Gasteiger partial charge in [0.2, 0.25) is 6.20 Å². The van der Waals surface area contributed by atoms with Gasteiger partial charge in [-0.15, -0.1) is 0 Å². The van der Waals surface area contributed by atoms with Gasteiger partial charge in [-0.1, -0.05) is 31.0 Å². The molecule has 0 atom stereocenters. The van der Waals surface area contributed by atoms with Gasteiger partial charge in [0, 0.05) is 6.08 Å². The van der Waals surface area contributed by atoms with Crippen LogP contribution in [0.1, 0.15) is 25.3 Å². The van der Waals surface area contributed by atoms with E-state index in [1.165, 1.54) is 6.08 Å². The molecule has 0 radical (unpaired) electrons. The zero-order valence-electron chi connectivity index (χ0n) is 9.56. The number of rotatable bonds is 6. The summed E-state index contributed by atoms with van der Waals surface area (Å²) in [5, 5.41) is 10.7. The predicted molar refractivity (Wildman–Crippen MR) is 67.9 cm³/mol. The van der Waals surface area contributed by atoms with E-state index in [4.69, 9.17) is 16.3 Å². The molecule has 0 fully saturated rings. The lowest BCUT2D eigenvalue weighted by Crippen LogP contribution is -1.97. The zero-order valence-corrected chi connectivity index (χ0v) is 10.3. The van der Waals surface area contributed by atoms with Crippen LogP contribution in [0.4, 0.5) is 0 Å². The molecular weight excluding hydrogens is 242 g/mol. The Labute approximate surface area is 105 Å². The number of nitrogens with zero attached hydrogens (tertiary/aromatic N) is 1. The van der Waals surface area contributed by atoms with Gasteiger partial charge in [0.25, 0.3) is 0 Å². The molecule has 0 N–H and O–H groups in total. The molecule has 4 nitrogen and oxygen atoms in total. The Morgan fingerprint density at radius 3 is 2.94 bits per heavy atom. The van der Waals surface area contributed by atoms with Crippen molar-refractivity contribution in [2.75, 3.05) is 6.61 Å². The lowest BCUT2D eigenvalue weighted by Gasteiger charge is -2.07. The predicted octanol–water partition coefficient (Wildman–Crippen LogP) is 3.77. The first-order chi connectivity index (χ1) is 8.13. The summed E-state index contributed by atoms with van der Waals surface area (Å²) < 4.78 is 5.49. The van der Waals surface area contributed by atoms with E-state index in [-0.39, 0.29) is 0 Å². The minimum Gasteiger partial charge on any atom is -0.492 e. The Hall–Kier alpha value is -1.55. The van der Waals surface area contributed by atoms with Crippen LogP contribution in [-0.2, 0) is 0 Å². The number of nitro groups is 1. The summed E-state index contributed by atoms with van der Waals surface area (Å²) in [5.74, 6) is 0.561. The number of benzene rings is 1. The lowest BCUT2D eigenvalue weighted by atomic mass is 10.2. The summed E-state index contributed by atoms with van der Waals surface area (Å²) in [6, 6.07) is 5.06. The monoisotopic (exact) mass is 255 g/mol. The second-order valence-corrected chi connectivity index (χ2v) is 3.90. The molecule has 0 aliphatic heterocycles. The van der Waals surface area contributed by atoms with Gasteiger partial charge < -0.3 is 4.74 Å². The fourth-order valence-electron chi connectivity index (χ4n) is 1.21. The summed E-state index contributed by atoms with van der Waals surface area (Å²) in [7, 11) is 0. The van der Waals surface area contributed by atoms with E-state index >= 15 is 0 Å². The number of hydrogen-bond donors (Lipinski definition) is 0. The highest BCUT2D eigenvalue weighted by Crippen LogP contribution is 2.26. The maximum absolute atomic E-state index is 10.2. The molecule has 0 bridgehead atoms. The highest BCUT2D eigenvalue weighted by atomic mass is 35.5. The largest absolute Gasteiger partial charge is 0.492 e. The molecule has 5 heteroatoms. The van der Waals surface area contributed by atoms with Crippen LogP contribution in [0.15, 0.2) is 24.4 Å². The van der Waals surface area contributed by atoms with Crippen molar-refractivity contribution in [3.8, 4) is 5.75 Å². The first-order valence-electron chi connectivity index (χ1n) is 5.37. The first-order valence-corrected chi connectivity index (χ1v) is 5.75. The Balaban J connectivity index is 2.75. The zero-order chi connectivity index (χ0) is 12.7. The number of hydrogen-bond acceptors (Lipinski definition) is 3. The Morgan fingerprint density at radius 2 is 2.29 bits per heavy atom. The maximum atomic E-state index is 10.2. The quantitative estimate of drug-likeness (QED) is 0.442. The Morgan fingerprint density at radius 1 is 1.53 bits per heavy atom. The van der Waals surface area contributed by atoms with Gasteiger partial charge >= 0.3 is 0 Å². The average Bonchev–Trinajstić information content (AvgIpc) is 2.30. The summed E-state index contributed by atoms with van der Waals surface area (Å²) in [6.45, 7) is 2.67. The summed E-state index contributed by atoms with van der Waals surface area (Å²) >= 11 is 5.95. The number of ether oxygens (including phenoxy) is 1. The molecule has 0 saturated carbocycles. The van der Waals surface area contributed by atoms with Crippen LogP contribution in [0.5, 0.6) is 5.75 Å². The average molecular weight is 256 g/mol. The fraction of sp³-hybridized carbons (Fsp3) is 0.333. The lowest BCUT2D eigenvalue weighted by molar-refractivity contribution is -0.400. The van der Waals surface area contributed by atoms with E-state index in [0.29, 0.717) is 22.9 Å². The van der Waals surface area contributed by atoms with Crippen molar-refractivity contribution in [2.45, 2.75) is 19.8 Å². The molecule has 0 saturated heterocycles. The van der Waals surface area contributed by atoms with E-state index in [1.54, 1.807) is 18.2 Å². The molecule has 0 unspecified atom stereocenters. The van der Waals surface area contributed by atoms with Gasteiger partial charge in [-0.3, -0.25) is 10.1 Å². The highest BCUT2D eigenvalue weighted by Gasteiger charge is 2.02. The molecule has 0 aliphatic carbocycles. The molecule has 1 aromatic carbocycles. The molecule has 92 valence electrons. The number of unbranched alkanes of at least 4 members (excludes halogenated alkanes) is 1. The van der Waals surface area contributed by atoms with Crippen molar-refractivity contribution in [2.24, 2.45) is 0 Å². The van der Waals surface area contributed by atoms with E-state index in [0.717, 1.165) is 19.0 Å². The molecule has 1 rings (SSSR count). The van der Waals surface area contributed by atoms with Crippen LogP contribution in [0, 0.1) is 10.1 Å². The molecule has 0 amide bonds. The standard InChI is InChI=1S/C12H14ClNO3/c1-2-3-8-17-12-9-10(4-5-11(12)13)6-7-14(15)16/h4-7,9H,2-3,8H2,1H3/b7-6+. The van der Waals surface area contributed by atoms with E-state index in [1.807, 2.05) is 0 Å². The summed E-state index contributed by atoms with van der Waals surface area (Å²) in [5.41, 5.74) is 0.692. The van der Waals surface area contributed by atoms with Gasteiger partial charge in [0.05, 0.1) is 16.6 Å². The third-order valence-corrected chi connectivity index (χ3v) is 2.41. The molecule has 0 spiro atoms. The van der Waals surface area contributed by atoms with Crippen molar-refractivity contribution in [3.63, 3.8) is 0 Å². The van der Waals surface area contributed by atoms with Crippen LogP contribution >= 0.6 is 11.6 Å². The fourth-order valence-corrected chi connectivity index (χ4v) is 1.38. The normalized spacial score (nSPS) is 10.7. The van der Waals surface area contributed by atoms with Crippen LogP contribution in [0.3, 0.4) is 0 Å². The molecule has 0 aromatic heterocycles. The van der Waals surface area contributed by atoms with Crippen molar-refractivity contribution >= 4 is 17.7 Å². The molecule has 0 heterocycles. The van der Waals surface area contributed by atoms with Gasteiger partial charge in [0.1, 0.15) is 5.75 Å². The minimum atomic E-state index is -0.508. The summed E-state index contributed by atoms with van der Waals surface area (Å²) in [6.07, 6.45) is 4.28. The first kappa shape index (κ1) is 13.5. The van der Waals surface area contributed by atoms with Gasteiger partial charge in [-0.25, -0.2) is 0 Å². The van der Waals surface area contributed by atoms with Crippen molar-refractivity contribution < 1.29 is 9.66 Å². The third kappa shape index (κ3) is 4.87.